The first-order valence-electron chi connectivity index (χ1n) is 10.4. The molecule has 0 radical (unpaired) electrons. The Morgan fingerprint density at radius 3 is 2.40 bits per heavy atom. The van der Waals surface area contributed by atoms with Gasteiger partial charge >= 0.3 is 6.03 Å². The molecule has 0 N–H and O–H groups in total. The van der Waals surface area contributed by atoms with Gasteiger partial charge in [0.05, 0.1) is 5.69 Å². The summed E-state index contributed by atoms with van der Waals surface area (Å²) in [5.41, 5.74) is 0.472. The van der Waals surface area contributed by atoms with Gasteiger partial charge in [0.2, 0.25) is 0 Å². The van der Waals surface area contributed by atoms with E-state index in [9.17, 15) is 14.0 Å². The smallest absolute Gasteiger partial charge is 0.327 e. The molecule has 0 bridgehead atoms. The highest BCUT2D eigenvalue weighted by molar-refractivity contribution is 6.07. The quantitative estimate of drug-likeness (QED) is 0.708. The number of carbonyl (C=O) groups excluding carboxylic acids is 2. The van der Waals surface area contributed by atoms with Crippen LogP contribution in [0.3, 0.4) is 0 Å². The van der Waals surface area contributed by atoms with Crippen molar-refractivity contribution in [2.75, 3.05) is 24.5 Å². The Hall–Kier alpha value is -3.03. The van der Waals surface area contributed by atoms with E-state index >= 15 is 0 Å². The molecule has 0 atom stereocenters. The van der Waals surface area contributed by atoms with Crippen molar-refractivity contribution in [3.63, 3.8) is 0 Å². The lowest BCUT2D eigenvalue weighted by Crippen LogP contribution is -2.56. The van der Waals surface area contributed by atoms with Gasteiger partial charge in [0.25, 0.3) is 5.91 Å². The molecule has 3 amide bonds. The van der Waals surface area contributed by atoms with Gasteiger partial charge in [0.15, 0.2) is 11.6 Å². The number of anilines is 1. The van der Waals surface area contributed by atoms with E-state index in [4.69, 9.17) is 0 Å². The summed E-state index contributed by atoms with van der Waals surface area (Å²) in [4.78, 5) is 39.4. The van der Waals surface area contributed by atoms with E-state index in [0.29, 0.717) is 51.1 Å². The molecule has 3 heterocycles. The van der Waals surface area contributed by atoms with Crippen molar-refractivity contribution in [1.29, 1.82) is 0 Å². The zero-order valence-electron chi connectivity index (χ0n) is 17.3. The van der Waals surface area contributed by atoms with E-state index in [1.807, 2.05) is 49.1 Å². The Balaban J connectivity index is 1.61. The minimum atomic E-state index is -0.892. The number of imide groups is 1. The number of amides is 3. The number of rotatable bonds is 5. The van der Waals surface area contributed by atoms with Crippen LogP contribution in [0.2, 0.25) is 0 Å². The van der Waals surface area contributed by atoms with Crippen LogP contribution in [0.1, 0.15) is 37.9 Å². The Labute approximate surface area is 175 Å². The third-order valence-corrected chi connectivity index (χ3v) is 6.19. The molecule has 2 saturated heterocycles. The van der Waals surface area contributed by atoms with Crippen molar-refractivity contribution in [2.24, 2.45) is 0 Å². The number of hydrogen-bond acceptors (Lipinski definition) is 5. The Bertz CT molecular complexity index is 944. The number of aromatic nitrogens is 2. The molecule has 2 aromatic rings. The molecule has 8 heteroatoms. The van der Waals surface area contributed by atoms with Gasteiger partial charge in [-0.25, -0.2) is 19.2 Å². The van der Waals surface area contributed by atoms with Gasteiger partial charge in [0, 0.05) is 26.2 Å². The third kappa shape index (κ3) is 3.20. The lowest BCUT2D eigenvalue weighted by molar-refractivity contribution is -0.134. The molecule has 7 nitrogen and oxygen atoms in total. The average molecular weight is 411 g/mol. The maximum Gasteiger partial charge on any atom is 0.327 e. The Morgan fingerprint density at radius 2 is 1.77 bits per heavy atom. The van der Waals surface area contributed by atoms with Gasteiger partial charge in [-0.3, -0.25) is 9.69 Å². The van der Waals surface area contributed by atoms with Gasteiger partial charge in [-0.15, -0.1) is 0 Å². The molecular weight excluding hydrogens is 385 g/mol. The van der Waals surface area contributed by atoms with E-state index in [0.717, 1.165) is 5.56 Å². The van der Waals surface area contributed by atoms with Gasteiger partial charge in [-0.1, -0.05) is 37.3 Å². The van der Waals surface area contributed by atoms with Gasteiger partial charge in [0.1, 0.15) is 11.9 Å². The molecule has 2 aliphatic rings. The van der Waals surface area contributed by atoms with Crippen molar-refractivity contribution in [3.8, 4) is 0 Å². The second-order valence-electron chi connectivity index (χ2n) is 7.73. The number of urea groups is 1. The van der Waals surface area contributed by atoms with Crippen LogP contribution in [-0.2, 0) is 17.8 Å². The van der Waals surface area contributed by atoms with Gasteiger partial charge < -0.3 is 9.80 Å². The number of piperidine rings is 1. The molecule has 0 aliphatic carbocycles. The highest BCUT2D eigenvalue weighted by atomic mass is 19.1. The molecule has 158 valence electrons. The van der Waals surface area contributed by atoms with Crippen LogP contribution in [0.25, 0.3) is 0 Å². The minimum absolute atomic E-state index is 0.150. The fraction of sp³-hybridized carbons (Fsp3) is 0.455. The summed E-state index contributed by atoms with van der Waals surface area (Å²) < 4.78 is 14.7. The molecule has 1 spiro atoms. The van der Waals surface area contributed by atoms with Crippen molar-refractivity contribution < 1.29 is 14.0 Å². The molecule has 2 aliphatic heterocycles. The van der Waals surface area contributed by atoms with Crippen LogP contribution < -0.4 is 4.90 Å². The Kier molecular flexibility index (Phi) is 5.40. The van der Waals surface area contributed by atoms with Crippen LogP contribution in [0, 0.1) is 5.82 Å². The van der Waals surface area contributed by atoms with Crippen LogP contribution >= 0.6 is 0 Å². The second kappa shape index (κ2) is 8.01. The third-order valence-electron chi connectivity index (χ3n) is 6.19. The summed E-state index contributed by atoms with van der Waals surface area (Å²) in [5, 5.41) is 0. The summed E-state index contributed by atoms with van der Waals surface area (Å²) >= 11 is 0. The van der Waals surface area contributed by atoms with Crippen LogP contribution in [0.5, 0.6) is 0 Å². The normalized spacial score (nSPS) is 18.6. The monoisotopic (exact) mass is 411 g/mol. The van der Waals surface area contributed by atoms with Crippen LogP contribution in [0.15, 0.2) is 36.7 Å². The fourth-order valence-corrected chi connectivity index (χ4v) is 4.48. The highest BCUT2D eigenvalue weighted by Gasteiger charge is 2.57. The number of benzene rings is 1. The largest absolute Gasteiger partial charge is 0.354 e. The van der Waals surface area contributed by atoms with Crippen LogP contribution in [0.4, 0.5) is 15.0 Å². The zero-order chi connectivity index (χ0) is 21.3. The predicted octanol–water partition coefficient (Wildman–Crippen LogP) is 3.00. The molecular formula is C22H26FN5O2. The van der Waals surface area contributed by atoms with Crippen molar-refractivity contribution in [3.05, 3.63) is 53.7 Å². The summed E-state index contributed by atoms with van der Waals surface area (Å²) in [6.07, 6.45) is 2.74. The standard InChI is InChI=1S/C22H26FN5O2/c1-3-17-18(23)19(25-15-24-17)26-12-10-22(11-13-26)20(29)27(4-2)21(30)28(22)14-16-8-6-5-7-9-16/h5-9,15H,3-4,10-14H2,1-2H3. The topological polar surface area (TPSA) is 69.6 Å². The first-order valence-corrected chi connectivity index (χ1v) is 10.4. The van der Waals surface area contributed by atoms with Gasteiger partial charge in [-0.2, -0.15) is 0 Å². The first-order chi connectivity index (χ1) is 14.5. The van der Waals surface area contributed by atoms with E-state index < -0.39 is 11.4 Å². The molecule has 0 unspecified atom stereocenters. The number of nitrogens with zero attached hydrogens (tertiary/aromatic N) is 5. The maximum atomic E-state index is 14.7. The van der Waals surface area contributed by atoms with E-state index in [1.165, 1.54) is 11.2 Å². The summed E-state index contributed by atoms with van der Waals surface area (Å²) in [5.74, 6) is -0.278. The summed E-state index contributed by atoms with van der Waals surface area (Å²) in [6, 6.07) is 9.44. The first kappa shape index (κ1) is 20.3. The van der Waals surface area contributed by atoms with E-state index in [1.54, 1.807) is 4.90 Å². The lowest BCUT2D eigenvalue weighted by atomic mass is 9.85. The molecule has 4 rings (SSSR count). The fourth-order valence-electron chi connectivity index (χ4n) is 4.48. The van der Waals surface area contributed by atoms with Crippen molar-refractivity contribution in [1.82, 2.24) is 19.8 Å². The van der Waals surface area contributed by atoms with Crippen molar-refractivity contribution >= 4 is 17.8 Å². The number of hydrogen-bond donors (Lipinski definition) is 0. The van der Waals surface area contributed by atoms with Crippen LogP contribution in [-0.4, -0.2) is 56.9 Å². The average Bonchev–Trinajstić information content (AvgIpc) is 2.96. The number of likely N-dealkylation sites (N-methyl/N-ethyl adjacent to an activating group) is 1. The summed E-state index contributed by atoms with van der Waals surface area (Å²) in [7, 11) is 0. The molecule has 0 saturated carbocycles. The maximum absolute atomic E-state index is 14.7. The number of aryl methyl sites for hydroxylation is 1. The molecule has 1 aromatic carbocycles. The number of halogens is 1. The van der Waals surface area contributed by atoms with E-state index in [-0.39, 0.29) is 17.8 Å². The molecule has 1 aromatic heterocycles. The Morgan fingerprint density at radius 1 is 1.07 bits per heavy atom. The molecule has 2 fully saturated rings. The second-order valence-corrected chi connectivity index (χ2v) is 7.73. The minimum Gasteiger partial charge on any atom is -0.354 e. The van der Waals surface area contributed by atoms with Crippen molar-refractivity contribution in [2.45, 2.75) is 45.2 Å². The molecule has 30 heavy (non-hydrogen) atoms. The SMILES string of the molecule is CCc1ncnc(N2CCC3(CC2)C(=O)N(CC)C(=O)N3Cc2ccccc2)c1F. The van der Waals surface area contributed by atoms with E-state index in [2.05, 4.69) is 9.97 Å². The van der Waals surface area contributed by atoms with Gasteiger partial charge in [-0.05, 0) is 31.7 Å². The lowest BCUT2D eigenvalue weighted by Gasteiger charge is -2.42. The number of carbonyl (C=O) groups is 2. The predicted molar refractivity (Wildman–Crippen MR) is 110 cm³/mol. The zero-order valence-corrected chi connectivity index (χ0v) is 17.3. The summed E-state index contributed by atoms with van der Waals surface area (Å²) in [6.45, 7) is 5.27. The highest BCUT2D eigenvalue weighted by Crippen LogP contribution is 2.39.